The second kappa shape index (κ2) is 5.86. The predicted molar refractivity (Wildman–Crippen MR) is 83.3 cm³/mol. The van der Waals surface area contributed by atoms with Crippen LogP contribution in [0.25, 0.3) is 0 Å². The number of thiocarbonyl (C=S) groups is 1. The van der Waals surface area contributed by atoms with Crippen LogP contribution in [0.2, 0.25) is 5.02 Å². The molecule has 0 aliphatic rings. The van der Waals surface area contributed by atoms with Gasteiger partial charge in [0.1, 0.15) is 22.4 Å². The standard InChI is InChI=1S/C13H13ClN2OS2/c1-7-8(2)19-12(16-7)6-17-11-5-9(14)3-4-10(11)13(15)18/h3-5H,6H2,1-2H3,(H2,15,18). The van der Waals surface area contributed by atoms with Gasteiger partial charge in [0.05, 0.1) is 11.3 Å². The summed E-state index contributed by atoms with van der Waals surface area (Å²) in [5.74, 6) is 0.588. The van der Waals surface area contributed by atoms with Gasteiger partial charge < -0.3 is 10.5 Å². The van der Waals surface area contributed by atoms with Crippen molar-refractivity contribution in [2.24, 2.45) is 5.73 Å². The van der Waals surface area contributed by atoms with Crippen LogP contribution in [-0.2, 0) is 6.61 Å². The van der Waals surface area contributed by atoms with Gasteiger partial charge in [-0.1, -0.05) is 23.8 Å². The largest absolute Gasteiger partial charge is 0.486 e. The molecule has 1 heterocycles. The van der Waals surface area contributed by atoms with Crippen LogP contribution in [0.5, 0.6) is 5.75 Å². The van der Waals surface area contributed by atoms with E-state index in [-0.39, 0.29) is 4.99 Å². The topological polar surface area (TPSA) is 48.1 Å². The molecule has 0 fully saturated rings. The lowest BCUT2D eigenvalue weighted by molar-refractivity contribution is 0.305. The van der Waals surface area contributed by atoms with E-state index in [4.69, 9.17) is 34.3 Å². The number of nitrogens with two attached hydrogens (primary N) is 1. The van der Waals surface area contributed by atoms with E-state index in [9.17, 15) is 0 Å². The third-order valence-corrected chi connectivity index (χ3v) is 4.13. The van der Waals surface area contributed by atoms with Gasteiger partial charge in [-0.05, 0) is 32.0 Å². The highest BCUT2D eigenvalue weighted by Gasteiger charge is 2.09. The van der Waals surface area contributed by atoms with Crippen LogP contribution >= 0.6 is 35.2 Å². The summed E-state index contributed by atoms with van der Waals surface area (Å²) < 4.78 is 5.73. The molecule has 0 amide bonds. The predicted octanol–water partition coefficient (Wildman–Crippen LogP) is 3.63. The van der Waals surface area contributed by atoms with Crippen molar-refractivity contribution in [2.75, 3.05) is 0 Å². The molecule has 2 aromatic rings. The zero-order chi connectivity index (χ0) is 14.0. The minimum Gasteiger partial charge on any atom is -0.486 e. The Morgan fingerprint density at radius 1 is 1.47 bits per heavy atom. The van der Waals surface area contributed by atoms with E-state index in [1.54, 1.807) is 29.5 Å². The molecule has 0 bridgehead atoms. The van der Waals surface area contributed by atoms with Crippen molar-refractivity contribution in [1.82, 2.24) is 4.98 Å². The van der Waals surface area contributed by atoms with Gasteiger partial charge in [0.2, 0.25) is 0 Å². The lowest BCUT2D eigenvalue weighted by atomic mass is 10.2. The first kappa shape index (κ1) is 14.2. The van der Waals surface area contributed by atoms with Gasteiger partial charge in [0.15, 0.2) is 0 Å². The average molecular weight is 313 g/mol. The molecule has 0 aliphatic heterocycles. The molecule has 2 rings (SSSR count). The molecule has 19 heavy (non-hydrogen) atoms. The molecule has 0 spiro atoms. The number of aryl methyl sites for hydroxylation is 2. The van der Waals surface area contributed by atoms with Crippen molar-refractivity contribution < 1.29 is 4.74 Å². The van der Waals surface area contributed by atoms with Crippen LogP contribution in [0.3, 0.4) is 0 Å². The highest BCUT2D eigenvalue weighted by molar-refractivity contribution is 7.80. The highest BCUT2D eigenvalue weighted by Crippen LogP contribution is 2.25. The van der Waals surface area contributed by atoms with Gasteiger partial charge in [0, 0.05) is 9.90 Å². The molecule has 0 saturated carbocycles. The van der Waals surface area contributed by atoms with Crippen molar-refractivity contribution in [3.8, 4) is 5.75 Å². The Morgan fingerprint density at radius 3 is 2.79 bits per heavy atom. The van der Waals surface area contributed by atoms with Crippen LogP contribution in [0, 0.1) is 13.8 Å². The Balaban J connectivity index is 2.19. The minimum absolute atomic E-state index is 0.290. The Bertz CT molecular complexity index is 606. The third-order valence-electron chi connectivity index (χ3n) is 2.63. The number of rotatable bonds is 4. The molecule has 0 radical (unpaired) electrons. The van der Waals surface area contributed by atoms with E-state index in [0.29, 0.717) is 22.9 Å². The zero-order valence-corrected chi connectivity index (χ0v) is 13.0. The molecule has 0 unspecified atom stereocenters. The number of hydrogen-bond acceptors (Lipinski definition) is 4. The van der Waals surface area contributed by atoms with Crippen LogP contribution < -0.4 is 10.5 Å². The fourth-order valence-corrected chi connectivity index (χ4v) is 2.74. The van der Waals surface area contributed by atoms with Crippen molar-refractivity contribution in [1.29, 1.82) is 0 Å². The normalized spacial score (nSPS) is 10.5. The van der Waals surface area contributed by atoms with Gasteiger partial charge in [-0.2, -0.15) is 0 Å². The SMILES string of the molecule is Cc1nc(COc2cc(Cl)ccc2C(N)=S)sc1C. The van der Waals surface area contributed by atoms with Gasteiger partial charge in [-0.3, -0.25) is 0 Å². The maximum Gasteiger partial charge on any atom is 0.140 e. The molecular weight excluding hydrogens is 300 g/mol. The lowest BCUT2D eigenvalue weighted by Gasteiger charge is -2.09. The number of aromatic nitrogens is 1. The number of ether oxygens (including phenoxy) is 1. The monoisotopic (exact) mass is 312 g/mol. The van der Waals surface area contributed by atoms with Crippen LogP contribution in [0.15, 0.2) is 18.2 Å². The Labute approximate surface area is 126 Å². The first-order valence-corrected chi connectivity index (χ1v) is 7.22. The number of thiazole rings is 1. The Hall–Kier alpha value is -1.17. The van der Waals surface area contributed by atoms with Gasteiger partial charge in [-0.25, -0.2) is 4.98 Å². The summed E-state index contributed by atoms with van der Waals surface area (Å²) in [6.45, 7) is 4.40. The number of nitrogens with zero attached hydrogens (tertiary/aromatic N) is 1. The minimum atomic E-state index is 0.290. The molecule has 3 nitrogen and oxygen atoms in total. The molecule has 1 aromatic carbocycles. The van der Waals surface area contributed by atoms with E-state index in [0.717, 1.165) is 10.7 Å². The summed E-state index contributed by atoms with van der Waals surface area (Å²) in [4.78, 5) is 5.90. The van der Waals surface area contributed by atoms with E-state index in [1.807, 2.05) is 13.8 Å². The summed E-state index contributed by atoms with van der Waals surface area (Å²) >= 11 is 12.6. The quantitative estimate of drug-likeness (QED) is 0.876. The second-order valence-corrected chi connectivity index (χ2v) is 6.21. The fourth-order valence-electron chi connectivity index (χ4n) is 1.56. The van der Waals surface area contributed by atoms with Gasteiger partial charge >= 0.3 is 0 Å². The maximum absolute atomic E-state index is 5.96. The van der Waals surface area contributed by atoms with E-state index < -0.39 is 0 Å². The molecule has 1 aromatic heterocycles. The van der Waals surface area contributed by atoms with Crippen molar-refractivity contribution >= 4 is 40.1 Å². The first-order valence-electron chi connectivity index (χ1n) is 5.62. The molecular formula is C13H13ClN2OS2. The van der Waals surface area contributed by atoms with Gasteiger partial charge in [-0.15, -0.1) is 11.3 Å². The summed E-state index contributed by atoms with van der Waals surface area (Å²) in [5, 5.41) is 1.50. The second-order valence-electron chi connectivity index (χ2n) is 4.04. The van der Waals surface area contributed by atoms with Crippen molar-refractivity contribution in [3.05, 3.63) is 44.4 Å². The molecule has 6 heteroatoms. The summed E-state index contributed by atoms with van der Waals surface area (Å²) in [5.41, 5.74) is 7.37. The number of benzene rings is 1. The lowest BCUT2D eigenvalue weighted by Crippen LogP contribution is -2.11. The smallest absolute Gasteiger partial charge is 0.140 e. The van der Waals surface area contributed by atoms with Crippen LogP contribution in [-0.4, -0.2) is 9.97 Å². The average Bonchev–Trinajstić information content (AvgIpc) is 2.66. The van der Waals surface area contributed by atoms with Crippen molar-refractivity contribution in [2.45, 2.75) is 20.5 Å². The fraction of sp³-hybridized carbons (Fsp3) is 0.231. The summed E-state index contributed by atoms with van der Waals surface area (Å²) in [6.07, 6.45) is 0. The summed E-state index contributed by atoms with van der Waals surface area (Å²) in [6, 6.07) is 5.21. The van der Waals surface area contributed by atoms with E-state index in [2.05, 4.69) is 4.98 Å². The van der Waals surface area contributed by atoms with Crippen LogP contribution in [0.1, 0.15) is 21.1 Å². The van der Waals surface area contributed by atoms with E-state index >= 15 is 0 Å². The van der Waals surface area contributed by atoms with Crippen LogP contribution in [0.4, 0.5) is 0 Å². The number of hydrogen-bond donors (Lipinski definition) is 1. The molecule has 0 atom stereocenters. The van der Waals surface area contributed by atoms with E-state index in [1.165, 1.54) is 4.88 Å². The molecule has 2 N–H and O–H groups in total. The Morgan fingerprint density at radius 2 is 2.21 bits per heavy atom. The third kappa shape index (κ3) is 3.43. The first-order chi connectivity index (χ1) is 8.97. The molecule has 0 saturated heterocycles. The molecule has 0 aliphatic carbocycles. The van der Waals surface area contributed by atoms with Crippen molar-refractivity contribution in [3.63, 3.8) is 0 Å². The Kier molecular flexibility index (Phi) is 4.39. The molecule has 100 valence electrons. The van der Waals surface area contributed by atoms with Gasteiger partial charge in [0.25, 0.3) is 0 Å². The summed E-state index contributed by atoms with van der Waals surface area (Å²) in [7, 11) is 0. The number of halogens is 1. The zero-order valence-electron chi connectivity index (χ0n) is 10.6. The highest BCUT2D eigenvalue weighted by atomic mass is 35.5. The maximum atomic E-state index is 5.96.